The van der Waals surface area contributed by atoms with Crippen LogP contribution in [0, 0.1) is 11.3 Å². The highest BCUT2D eigenvalue weighted by Crippen LogP contribution is 2.30. The lowest BCUT2D eigenvalue weighted by Crippen LogP contribution is -2.34. The fourth-order valence-electron chi connectivity index (χ4n) is 2.03. The number of nitrogens with zero attached hydrogens (tertiary/aromatic N) is 2. The van der Waals surface area contributed by atoms with Crippen molar-refractivity contribution in [3.8, 4) is 17.4 Å². The molecule has 3 heterocycles. The lowest BCUT2D eigenvalue weighted by atomic mass is 10.2. The van der Waals surface area contributed by atoms with Crippen LogP contribution in [0.15, 0.2) is 37.8 Å². The van der Waals surface area contributed by atoms with Gasteiger partial charge in [-0.25, -0.2) is 4.79 Å². The van der Waals surface area contributed by atoms with E-state index in [1.165, 1.54) is 17.6 Å². The lowest BCUT2D eigenvalue weighted by Gasteiger charge is -2.02. The molecule has 0 radical (unpaired) electrons. The van der Waals surface area contributed by atoms with Crippen LogP contribution in [-0.4, -0.2) is 9.55 Å². The van der Waals surface area contributed by atoms with Crippen LogP contribution in [0.2, 0.25) is 0 Å². The van der Waals surface area contributed by atoms with E-state index in [1.807, 2.05) is 6.07 Å². The van der Waals surface area contributed by atoms with Gasteiger partial charge < -0.3 is 4.42 Å². The Morgan fingerprint density at radius 3 is 3.00 bits per heavy atom. The minimum absolute atomic E-state index is 0.0774. The minimum atomic E-state index is -0.495. The van der Waals surface area contributed by atoms with Crippen molar-refractivity contribution in [2.75, 3.05) is 0 Å². The molecule has 0 unspecified atom stereocenters. The summed E-state index contributed by atoms with van der Waals surface area (Å²) in [6.07, 6.45) is 1.63. The summed E-state index contributed by atoms with van der Waals surface area (Å²) in [7, 11) is 0. The number of H-pyrrole nitrogens is 1. The number of furan rings is 1. The van der Waals surface area contributed by atoms with Gasteiger partial charge in [-0.15, -0.1) is 11.3 Å². The number of nitriles is 1. The van der Waals surface area contributed by atoms with E-state index in [0.29, 0.717) is 21.5 Å². The van der Waals surface area contributed by atoms with Crippen molar-refractivity contribution in [2.24, 2.45) is 0 Å². The normalized spacial score (nSPS) is 10.8. The predicted octanol–water partition coefficient (Wildman–Crippen LogP) is 1.92. The van der Waals surface area contributed by atoms with Gasteiger partial charge in [0, 0.05) is 17.5 Å². The van der Waals surface area contributed by atoms with Gasteiger partial charge >= 0.3 is 5.69 Å². The van der Waals surface area contributed by atoms with E-state index in [4.69, 9.17) is 9.68 Å². The number of rotatable bonds is 3. The van der Waals surface area contributed by atoms with Gasteiger partial charge in [0.1, 0.15) is 10.6 Å². The van der Waals surface area contributed by atoms with Crippen LogP contribution in [0.4, 0.5) is 0 Å². The van der Waals surface area contributed by atoms with E-state index < -0.39 is 11.2 Å². The topological polar surface area (TPSA) is 91.8 Å². The zero-order chi connectivity index (χ0) is 14.1. The van der Waals surface area contributed by atoms with Crippen LogP contribution in [0.25, 0.3) is 21.5 Å². The van der Waals surface area contributed by atoms with Crippen LogP contribution in [0.3, 0.4) is 0 Å². The molecule has 0 spiro atoms. The quantitative estimate of drug-likeness (QED) is 0.796. The maximum Gasteiger partial charge on any atom is 0.329 e. The molecule has 0 saturated carbocycles. The molecule has 0 aromatic carbocycles. The summed E-state index contributed by atoms with van der Waals surface area (Å²) < 4.78 is 6.35. The van der Waals surface area contributed by atoms with Crippen molar-refractivity contribution in [1.29, 1.82) is 5.26 Å². The Morgan fingerprint density at radius 1 is 1.45 bits per heavy atom. The lowest BCUT2D eigenvalue weighted by molar-refractivity contribution is 0.583. The zero-order valence-electron chi connectivity index (χ0n) is 10.3. The molecule has 0 aliphatic carbocycles. The highest BCUT2D eigenvalue weighted by Gasteiger charge is 2.16. The Labute approximate surface area is 116 Å². The molecule has 0 aliphatic heterocycles. The highest BCUT2D eigenvalue weighted by atomic mass is 32.1. The van der Waals surface area contributed by atoms with E-state index in [9.17, 15) is 9.59 Å². The maximum absolute atomic E-state index is 12.4. The van der Waals surface area contributed by atoms with Gasteiger partial charge in [0.25, 0.3) is 5.56 Å². The second-order valence-corrected chi connectivity index (χ2v) is 5.01. The van der Waals surface area contributed by atoms with Crippen molar-refractivity contribution < 1.29 is 4.42 Å². The van der Waals surface area contributed by atoms with Crippen molar-refractivity contribution in [3.63, 3.8) is 0 Å². The molecule has 3 rings (SSSR count). The molecule has 0 bridgehead atoms. The van der Waals surface area contributed by atoms with Crippen LogP contribution in [0.1, 0.15) is 6.42 Å². The van der Waals surface area contributed by atoms with E-state index >= 15 is 0 Å². The summed E-state index contributed by atoms with van der Waals surface area (Å²) in [4.78, 5) is 27.4. The Morgan fingerprint density at radius 2 is 2.30 bits per heavy atom. The number of nitrogens with one attached hydrogen (secondary N) is 1. The third-order valence-electron chi connectivity index (χ3n) is 2.95. The molecule has 20 heavy (non-hydrogen) atoms. The van der Waals surface area contributed by atoms with Gasteiger partial charge in [0.2, 0.25) is 0 Å². The van der Waals surface area contributed by atoms with Gasteiger partial charge in [0.15, 0.2) is 0 Å². The SMILES string of the molecule is N#CCCn1c(=O)[nH]c2scc(-c3ccco3)c2c1=O. The molecular formula is C13H9N3O3S. The average molecular weight is 287 g/mol. The Bertz CT molecular complexity index is 909. The fourth-order valence-corrected chi connectivity index (χ4v) is 2.96. The largest absolute Gasteiger partial charge is 0.464 e. The van der Waals surface area contributed by atoms with Crippen LogP contribution in [0.5, 0.6) is 0 Å². The fraction of sp³-hybridized carbons (Fsp3) is 0.154. The summed E-state index contributed by atoms with van der Waals surface area (Å²) in [5.41, 5.74) is -0.237. The first kappa shape index (κ1) is 12.4. The van der Waals surface area contributed by atoms with Crippen molar-refractivity contribution in [3.05, 3.63) is 44.6 Å². The molecular weight excluding hydrogens is 278 g/mol. The number of hydrogen-bond donors (Lipinski definition) is 1. The summed E-state index contributed by atoms with van der Waals surface area (Å²) in [5, 5.41) is 10.8. The standard InChI is InChI=1S/C13H9N3O3S/c14-4-2-5-16-12(17)10-8(9-3-1-6-19-9)7-20-11(10)15-13(16)18/h1,3,6-7H,2,5H2,(H,15,18). The summed E-state index contributed by atoms with van der Waals surface area (Å²) in [6, 6.07) is 5.42. The summed E-state index contributed by atoms with van der Waals surface area (Å²) in [6.45, 7) is 0.0774. The molecule has 6 nitrogen and oxygen atoms in total. The summed E-state index contributed by atoms with van der Waals surface area (Å²) >= 11 is 1.28. The van der Waals surface area contributed by atoms with Crippen molar-refractivity contribution in [1.82, 2.24) is 9.55 Å². The number of thiophene rings is 1. The smallest absolute Gasteiger partial charge is 0.329 e. The Kier molecular flexibility index (Phi) is 3.00. The first-order valence-electron chi connectivity index (χ1n) is 5.87. The van der Waals surface area contributed by atoms with Crippen molar-refractivity contribution in [2.45, 2.75) is 13.0 Å². The zero-order valence-corrected chi connectivity index (χ0v) is 11.1. The minimum Gasteiger partial charge on any atom is -0.464 e. The molecule has 0 fully saturated rings. The predicted molar refractivity (Wildman–Crippen MR) is 74.6 cm³/mol. The van der Waals surface area contributed by atoms with Gasteiger partial charge in [0.05, 0.1) is 24.1 Å². The Balaban J connectivity index is 2.30. The number of aromatic amines is 1. The highest BCUT2D eigenvalue weighted by molar-refractivity contribution is 7.17. The molecule has 3 aromatic rings. The van der Waals surface area contributed by atoms with Gasteiger partial charge in [-0.3, -0.25) is 14.3 Å². The van der Waals surface area contributed by atoms with E-state index in [0.717, 1.165) is 4.57 Å². The molecule has 100 valence electrons. The first-order chi connectivity index (χ1) is 9.72. The first-order valence-corrected chi connectivity index (χ1v) is 6.75. The third-order valence-corrected chi connectivity index (χ3v) is 3.84. The van der Waals surface area contributed by atoms with E-state index in [-0.39, 0.29) is 13.0 Å². The maximum atomic E-state index is 12.4. The van der Waals surface area contributed by atoms with Gasteiger partial charge in [-0.1, -0.05) is 0 Å². The van der Waals surface area contributed by atoms with Gasteiger partial charge in [-0.05, 0) is 12.1 Å². The number of hydrogen-bond acceptors (Lipinski definition) is 5. The van der Waals surface area contributed by atoms with E-state index in [1.54, 1.807) is 17.5 Å². The average Bonchev–Trinajstić information content (AvgIpc) is 3.06. The Hall–Kier alpha value is -2.59. The van der Waals surface area contributed by atoms with Crippen molar-refractivity contribution >= 4 is 21.6 Å². The molecule has 1 N–H and O–H groups in total. The third kappa shape index (κ3) is 1.87. The second kappa shape index (κ2) is 4.83. The molecule has 0 aliphatic rings. The number of aromatic nitrogens is 2. The van der Waals surface area contributed by atoms with Crippen LogP contribution >= 0.6 is 11.3 Å². The summed E-state index contributed by atoms with van der Waals surface area (Å²) in [5.74, 6) is 0.576. The molecule has 0 saturated heterocycles. The molecule has 3 aromatic heterocycles. The van der Waals surface area contributed by atoms with E-state index in [2.05, 4.69) is 4.98 Å². The van der Waals surface area contributed by atoms with Gasteiger partial charge in [-0.2, -0.15) is 5.26 Å². The number of fused-ring (bicyclic) bond motifs is 1. The molecule has 0 amide bonds. The molecule has 7 heteroatoms. The van der Waals surface area contributed by atoms with Crippen LogP contribution in [-0.2, 0) is 6.54 Å². The monoisotopic (exact) mass is 287 g/mol. The molecule has 0 atom stereocenters. The second-order valence-electron chi connectivity index (χ2n) is 4.13. The van der Waals surface area contributed by atoms with Crippen LogP contribution < -0.4 is 11.2 Å².